The third-order valence-corrected chi connectivity index (χ3v) is 10.2. The molecule has 7 rings (SSSR count). The summed E-state index contributed by atoms with van der Waals surface area (Å²) in [6.07, 6.45) is 9.73. The number of anilines is 6. The molecule has 378 valence electrons. The minimum Gasteiger partial charge on any atom is -0.348 e. The monoisotopic (exact) mass is 1010 g/mol. The van der Waals surface area contributed by atoms with Crippen molar-refractivity contribution < 1.29 is 38.4 Å². The van der Waals surface area contributed by atoms with Crippen LogP contribution < -0.4 is 42.5 Å². The Morgan fingerprint density at radius 1 is 0.405 bits per heavy atom. The molecule has 0 saturated carbocycles. The molecule has 0 unspecified atom stereocenters. The highest BCUT2D eigenvalue weighted by Crippen LogP contribution is 2.18. The van der Waals surface area contributed by atoms with Crippen LogP contribution >= 0.6 is 0 Å². The Balaban J connectivity index is 0.896. The van der Waals surface area contributed by atoms with Crippen LogP contribution in [0.5, 0.6) is 0 Å². The van der Waals surface area contributed by atoms with Gasteiger partial charge in [0.15, 0.2) is 34.9 Å². The van der Waals surface area contributed by atoms with Crippen LogP contribution in [0.25, 0.3) is 0 Å². The van der Waals surface area contributed by atoms with Crippen molar-refractivity contribution in [3.8, 4) is 12.1 Å². The Morgan fingerprint density at radius 3 is 0.946 bits per heavy atom. The highest BCUT2D eigenvalue weighted by Gasteiger charge is 2.24. The first-order valence-corrected chi connectivity index (χ1v) is 21.7. The van der Waals surface area contributed by atoms with Crippen LogP contribution in [-0.4, -0.2) is 123 Å². The molecule has 7 aromatic heterocycles. The van der Waals surface area contributed by atoms with Crippen molar-refractivity contribution in [2.45, 2.75) is 12.8 Å². The van der Waals surface area contributed by atoms with Crippen molar-refractivity contribution >= 4 is 82.2 Å². The molecule has 31 heteroatoms. The molecule has 7 heterocycles. The summed E-state index contributed by atoms with van der Waals surface area (Å²) < 4.78 is 8.20. The zero-order valence-corrected chi connectivity index (χ0v) is 40.0. The summed E-state index contributed by atoms with van der Waals surface area (Å²) in [6.45, 7) is 0.258. The largest absolute Gasteiger partial charge is 0.348 e. The van der Waals surface area contributed by atoms with Crippen molar-refractivity contribution in [3.63, 3.8) is 0 Å². The number of aromatic nitrogens is 13. The topological polar surface area (TPSA) is 400 Å². The maximum absolute atomic E-state index is 13.2. The zero-order valence-electron chi connectivity index (χ0n) is 40.0. The lowest BCUT2D eigenvalue weighted by molar-refractivity contribution is 0.0933. The zero-order chi connectivity index (χ0) is 53.4. The second-order valence-corrected chi connectivity index (χ2v) is 15.8. The van der Waals surface area contributed by atoms with E-state index in [4.69, 9.17) is 10.5 Å². The van der Waals surface area contributed by atoms with E-state index in [0.717, 1.165) is 6.20 Å². The summed E-state index contributed by atoms with van der Waals surface area (Å²) in [7, 11) is 9.18. The van der Waals surface area contributed by atoms with Crippen LogP contribution in [0.15, 0.2) is 55.5 Å². The number of hydrogen-bond acceptors (Lipinski definition) is 17. The van der Waals surface area contributed by atoms with Gasteiger partial charge in [0.05, 0.1) is 30.5 Å². The predicted molar refractivity (Wildman–Crippen MR) is 256 cm³/mol. The quantitative estimate of drug-likeness (QED) is 0.0535. The average Bonchev–Trinajstić information content (AvgIpc) is 4.22. The molecular formula is C43H43N23O8. The van der Waals surface area contributed by atoms with E-state index in [1.165, 1.54) is 105 Å². The van der Waals surface area contributed by atoms with Crippen LogP contribution in [0, 0.1) is 22.7 Å². The summed E-state index contributed by atoms with van der Waals surface area (Å²) in [4.78, 5) is 133. The lowest BCUT2D eigenvalue weighted by Gasteiger charge is -2.04. The normalized spacial score (nSPS) is 10.6. The minimum absolute atomic E-state index is 0.00224. The van der Waals surface area contributed by atoms with Gasteiger partial charge in [-0.05, 0) is 12.1 Å². The number of amides is 8. The Hall–Kier alpha value is -10.8. The number of nitriles is 2. The standard InChI is InChI=1S/C43H43N23O8/c1-61-18-26(49-30(61)38(69)46-13-7-11-44)57-42(73)34-53-28(20-65(34)5)59-40(71)32-51-24(16-63(32)3)55-36(67)22-9-10-23(48-15-22)37(68)56-25-17-64(4)33(52-25)41(72)60-29-21-66(6)35(54-29)43(74)58-27-19-62(2)31(50-27)39(70)47-14-8-12-45/h9-10,15-21H,7-8,13-14H2,1-6H3,(H,46,69)(H,47,70)(H,55,67)(H,56,68)(H,57,73)(H,58,74)(H,59,71)(H,60,72). The number of aryl methyl sites for hydroxylation is 6. The van der Waals surface area contributed by atoms with E-state index in [0.29, 0.717) is 0 Å². The predicted octanol–water partition coefficient (Wildman–Crippen LogP) is 0.283. The number of nitrogens with one attached hydrogen (secondary N) is 8. The van der Waals surface area contributed by atoms with Crippen LogP contribution in [0.1, 0.15) is 97.4 Å². The van der Waals surface area contributed by atoms with Gasteiger partial charge in [-0.25, -0.2) is 29.9 Å². The fourth-order valence-corrected chi connectivity index (χ4v) is 6.77. The molecule has 8 N–H and O–H groups in total. The first-order chi connectivity index (χ1) is 35.3. The SMILES string of the molecule is Cn1cc(NC(=O)c2nc(NC(=O)c3nc(NC(=O)c4ccc(C(=O)Nc5cn(C)c(C(=O)Nc6cn(C)c(C(=O)Nc7cn(C)c(C(=O)NCCC#N)n7)n6)n5)nc4)cn3C)cn2C)nc1C(=O)NCCC#N. The summed E-state index contributed by atoms with van der Waals surface area (Å²) in [5.74, 6) is -5.69. The Bertz CT molecular complexity index is 3240. The number of imidazole rings is 6. The fourth-order valence-electron chi connectivity index (χ4n) is 6.77. The van der Waals surface area contributed by atoms with Crippen LogP contribution in [0.3, 0.4) is 0 Å². The maximum Gasteiger partial charge on any atom is 0.292 e. The fraction of sp³-hybridized carbons (Fsp3) is 0.233. The minimum atomic E-state index is -0.731. The van der Waals surface area contributed by atoms with E-state index >= 15 is 0 Å². The van der Waals surface area contributed by atoms with Gasteiger partial charge in [0.1, 0.15) is 5.69 Å². The number of nitrogens with zero attached hydrogens (tertiary/aromatic N) is 15. The van der Waals surface area contributed by atoms with E-state index in [1.807, 2.05) is 12.1 Å². The van der Waals surface area contributed by atoms with Crippen molar-refractivity contribution in [1.82, 2.24) is 72.9 Å². The van der Waals surface area contributed by atoms with E-state index < -0.39 is 47.3 Å². The molecule has 0 aromatic carbocycles. The maximum atomic E-state index is 13.2. The van der Waals surface area contributed by atoms with Gasteiger partial charge in [-0.1, -0.05) is 0 Å². The van der Waals surface area contributed by atoms with E-state index in [2.05, 4.69) is 77.4 Å². The van der Waals surface area contributed by atoms with Crippen LogP contribution in [-0.2, 0) is 42.3 Å². The van der Waals surface area contributed by atoms with Gasteiger partial charge in [-0.2, -0.15) is 10.5 Å². The summed E-state index contributed by atoms with van der Waals surface area (Å²) >= 11 is 0. The van der Waals surface area contributed by atoms with Gasteiger partial charge in [0.25, 0.3) is 47.3 Å². The average molecular weight is 1010 g/mol. The molecule has 0 radical (unpaired) electrons. The Morgan fingerprint density at radius 2 is 0.676 bits per heavy atom. The Labute approximate surface area is 417 Å². The highest BCUT2D eigenvalue weighted by atomic mass is 16.2. The summed E-state index contributed by atoms with van der Waals surface area (Å²) in [5.41, 5.74) is -0.0749. The second-order valence-electron chi connectivity index (χ2n) is 15.8. The molecular weight excluding hydrogens is 967 g/mol. The van der Waals surface area contributed by atoms with Crippen LogP contribution in [0.2, 0.25) is 0 Å². The third-order valence-electron chi connectivity index (χ3n) is 10.2. The summed E-state index contributed by atoms with van der Waals surface area (Å²) in [6, 6.07) is 6.45. The van der Waals surface area contributed by atoms with Crippen molar-refractivity contribution in [3.05, 3.63) is 102 Å². The lowest BCUT2D eigenvalue weighted by Crippen LogP contribution is -2.27. The van der Waals surface area contributed by atoms with E-state index in [9.17, 15) is 38.4 Å². The van der Waals surface area contributed by atoms with Gasteiger partial charge < -0.3 is 69.9 Å². The first-order valence-electron chi connectivity index (χ1n) is 21.7. The molecule has 74 heavy (non-hydrogen) atoms. The van der Waals surface area contributed by atoms with E-state index in [1.54, 1.807) is 14.1 Å². The molecule has 0 bridgehead atoms. The third kappa shape index (κ3) is 11.8. The molecule has 0 aliphatic rings. The lowest BCUT2D eigenvalue weighted by atomic mass is 10.2. The number of carbonyl (C=O) groups is 8. The van der Waals surface area contributed by atoms with Crippen LogP contribution in [0.4, 0.5) is 34.9 Å². The Kier molecular flexibility index (Phi) is 15.1. The molecule has 0 aliphatic heterocycles. The molecule has 0 spiro atoms. The van der Waals surface area contributed by atoms with Gasteiger partial charge >= 0.3 is 0 Å². The smallest absolute Gasteiger partial charge is 0.292 e. The van der Waals surface area contributed by atoms with Gasteiger partial charge in [-0.3, -0.25) is 43.3 Å². The van der Waals surface area contributed by atoms with Gasteiger partial charge in [0.2, 0.25) is 34.9 Å². The molecule has 7 aromatic rings. The molecule has 31 nitrogen and oxygen atoms in total. The number of rotatable bonds is 18. The molecule has 0 aliphatic carbocycles. The first kappa shape index (κ1) is 51.0. The molecule has 0 atom stereocenters. The highest BCUT2D eigenvalue weighted by molar-refractivity contribution is 6.08. The molecule has 0 fully saturated rings. The van der Waals surface area contributed by atoms with Gasteiger partial charge in [-0.15, -0.1) is 0 Å². The van der Waals surface area contributed by atoms with E-state index in [-0.39, 0.29) is 107 Å². The second kappa shape index (κ2) is 21.8. The number of hydrogen-bond donors (Lipinski definition) is 8. The van der Waals surface area contributed by atoms with Gasteiger partial charge in [0, 0.05) is 98.8 Å². The van der Waals surface area contributed by atoms with Crippen molar-refractivity contribution in [2.24, 2.45) is 42.3 Å². The summed E-state index contributed by atoms with van der Waals surface area (Å²) in [5, 5.41) is 37.8. The molecule has 0 saturated heterocycles. The molecule has 8 amide bonds. The van der Waals surface area contributed by atoms with Crippen molar-refractivity contribution in [1.29, 1.82) is 10.5 Å². The van der Waals surface area contributed by atoms with Crippen molar-refractivity contribution in [2.75, 3.05) is 45.0 Å². The number of pyridine rings is 1. The number of carbonyl (C=O) groups excluding carboxylic acids is 8.